The standard InChI is InChI=1S/C26H24N2S/c1-28(20-15-13-18(17-27)14-16-20)24-12-6-11-23-22-10-5-9-21(25(22)29-26(23)24)19-7-3-2-4-8-19/h5-6,9-16,19H,2-4,7-8H2,1H3. The molecule has 1 heterocycles. The molecule has 0 aliphatic heterocycles. The summed E-state index contributed by atoms with van der Waals surface area (Å²) in [5.74, 6) is 0.709. The van der Waals surface area contributed by atoms with Crippen LogP contribution in [-0.4, -0.2) is 7.05 Å². The molecule has 0 spiro atoms. The Bertz CT molecular complexity index is 1210. The number of anilines is 2. The van der Waals surface area contributed by atoms with E-state index in [-0.39, 0.29) is 0 Å². The largest absolute Gasteiger partial charge is 0.343 e. The molecule has 0 bridgehead atoms. The van der Waals surface area contributed by atoms with E-state index in [4.69, 9.17) is 5.26 Å². The molecule has 144 valence electrons. The number of benzene rings is 3. The van der Waals surface area contributed by atoms with Crippen LogP contribution in [0.5, 0.6) is 0 Å². The molecular formula is C26H24N2S. The summed E-state index contributed by atoms with van der Waals surface area (Å²) in [5.41, 5.74) is 4.57. The summed E-state index contributed by atoms with van der Waals surface area (Å²) in [6, 6.07) is 23.5. The monoisotopic (exact) mass is 396 g/mol. The molecule has 0 atom stereocenters. The fraction of sp³-hybridized carbons (Fsp3) is 0.269. The van der Waals surface area contributed by atoms with Gasteiger partial charge in [-0.25, -0.2) is 0 Å². The van der Waals surface area contributed by atoms with Crippen molar-refractivity contribution in [3.8, 4) is 6.07 Å². The van der Waals surface area contributed by atoms with Crippen LogP contribution >= 0.6 is 11.3 Å². The van der Waals surface area contributed by atoms with Gasteiger partial charge in [0, 0.05) is 28.2 Å². The maximum Gasteiger partial charge on any atom is 0.0991 e. The van der Waals surface area contributed by atoms with E-state index in [2.05, 4.69) is 54.4 Å². The number of nitrogens with zero attached hydrogens (tertiary/aromatic N) is 2. The van der Waals surface area contributed by atoms with Crippen molar-refractivity contribution in [1.82, 2.24) is 0 Å². The second-order valence-electron chi connectivity index (χ2n) is 8.03. The summed E-state index contributed by atoms with van der Waals surface area (Å²) in [5, 5.41) is 11.8. The Labute approximate surface area is 176 Å². The van der Waals surface area contributed by atoms with Gasteiger partial charge in [0.2, 0.25) is 0 Å². The molecule has 1 aliphatic carbocycles. The molecule has 0 amide bonds. The molecule has 1 saturated carbocycles. The number of thiophene rings is 1. The molecular weight excluding hydrogens is 372 g/mol. The van der Waals surface area contributed by atoms with Crippen molar-refractivity contribution in [1.29, 1.82) is 5.26 Å². The minimum atomic E-state index is 0.694. The van der Waals surface area contributed by atoms with Crippen LogP contribution in [0.4, 0.5) is 11.4 Å². The quantitative estimate of drug-likeness (QED) is 0.354. The molecule has 29 heavy (non-hydrogen) atoms. The van der Waals surface area contributed by atoms with Crippen molar-refractivity contribution in [2.45, 2.75) is 38.0 Å². The highest BCUT2D eigenvalue weighted by atomic mass is 32.1. The number of nitriles is 1. The maximum absolute atomic E-state index is 9.08. The fourth-order valence-corrected chi connectivity index (χ4v) is 6.17. The number of rotatable bonds is 3. The third-order valence-electron chi connectivity index (χ3n) is 6.32. The normalized spacial score (nSPS) is 14.9. The van der Waals surface area contributed by atoms with E-state index in [0.717, 1.165) is 5.69 Å². The molecule has 0 unspecified atom stereocenters. The lowest BCUT2D eigenvalue weighted by Crippen LogP contribution is -2.09. The molecule has 2 nitrogen and oxygen atoms in total. The van der Waals surface area contributed by atoms with Crippen molar-refractivity contribution >= 4 is 42.9 Å². The van der Waals surface area contributed by atoms with Crippen molar-refractivity contribution in [3.05, 3.63) is 71.8 Å². The lowest BCUT2D eigenvalue weighted by molar-refractivity contribution is 0.446. The Morgan fingerprint density at radius 2 is 1.55 bits per heavy atom. The molecule has 0 N–H and O–H groups in total. The third kappa shape index (κ3) is 3.18. The van der Waals surface area contributed by atoms with E-state index in [9.17, 15) is 0 Å². The molecule has 0 saturated heterocycles. The lowest BCUT2D eigenvalue weighted by Gasteiger charge is -2.22. The van der Waals surface area contributed by atoms with Gasteiger partial charge >= 0.3 is 0 Å². The first kappa shape index (κ1) is 18.2. The summed E-state index contributed by atoms with van der Waals surface area (Å²) < 4.78 is 2.81. The first-order chi connectivity index (χ1) is 14.3. The summed E-state index contributed by atoms with van der Waals surface area (Å²) in [4.78, 5) is 2.24. The Morgan fingerprint density at radius 3 is 2.28 bits per heavy atom. The molecule has 4 aromatic rings. The number of hydrogen-bond donors (Lipinski definition) is 0. The summed E-state index contributed by atoms with van der Waals surface area (Å²) >= 11 is 1.95. The smallest absolute Gasteiger partial charge is 0.0991 e. The van der Waals surface area contributed by atoms with Gasteiger partial charge in [0.1, 0.15) is 0 Å². The van der Waals surface area contributed by atoms with Crippen LogP contribution in [0.15, 0.2) is 60.7 Å². The highest BCUT2D eigenvalue weighted by Gasteiger charge is 2.20. The molecule has 0 radical (unpaired) electrons. The van der Waals surface area contributed by atoms with E-state index in [0.29, 0.717) is 11.5 Å². The second kappa shape index (κ2) is 7.54. The minimum absolute atomic E-state index is 0.694. The van der Waals surface area contributed by atoms with Gasteiger partial charge in [-0.15, -0.1) is 11.3 Å². The second-order valence-corrected chi connectivity index (χ2v) is 9.05. The van der Waals surface area contributed by atoms with Crippen LogP contribution in [-0.2, 0) is 0 Å². The van der Waals surface area contributed by atoms with Gasteiger partial charge in [-0.3, -0.25) is 0 Å². The van der Waals surface area contributed by atoms with Gasteiger partial charge in [-0.1, -0.05) is 49.6 Å². The van der Waals surface area contributed by atoms with Crippen LogP contribution in [0.25, 0.3) is 20.2 Å². The van der Waals surface area contributed by atoms with Crippen LogP contribution in [0, 0.1) is 11.3 Å². The van der Waals surface area contributed by atoms with Crippen molar-refractivity contribution in [2.24, 2.45) is 0 Å². The fourth-order valence-electron chi connectivity index (χ4n) is 4.72. The zero-order valence-corrected chi connectivity index (χ0v) is 17.5. The van der Waals surface area contributed by atoms with Crippen molar-refractivity contribution < 1.29 is 0 Å². The molecule has 1 fully saturated rings. The molecule has 1 aromatic heterocycles. The summed E-state index contributed by atoms with van der Waals surface area (Å²) in [6.45, 7) is 0. The van der Waals surface area contributed by atoms with Gasteiger partial charge in [0.25, 0.3) is 0 Å². The Morgan fingerprint density at radius 1 is 0.862 bits per heavy atom. The van der Waals surface area contributed by atoms with Gasteiger partial charge in [0.05, 0.1) is 22.0 Å². The van der Waals surface area contributed by atoms with Crippen molar-refractivity contribution in [3.63, 3.8) is 0 Å². The number of fused-ring (bicyclic) bond motifs is 3. The summed E-state index contributed by atoms with van der Waals surface area (Å²) in [6.07, 6.45) is 6.76. The lowest BCUT2D eigenvalue weighted by atomic mass is 9.84. The molecule has 3 heteroatoms. The number of hydrogen-bond acceptors (Lipinski definition) is 3. The van der Waals surface area contributed by atoms with E-state index in [1.54, 1.807) is 5.56 Å². The maximum atomic E-state index is 9.08. The van der Waals surface area contributed by atoms with Crippen molar-refractivity contribution in [2.75, 3.05) is 11.9 Å². The average Bonchev–Trinajstić information content (AvgIpc) is 3.18. The molecule has 5 rings (SSSR count). The molecule has 3 aromatic carbocycles. The first-order valence-corrected chi connectivity index (χ1v) is 11.3. The predicted molar refractivity (Wildman–Crippen MR) is 124 cm³/mol. The zero-order chi connectivity index (χ0) is 19.8. The average molecular weight is 397 g/mol. The van der Waals surface area contributed by atoms with Gasteiger partial charge in [-0.2, -0.15) is 5.26 Å². The van der Waals surface area contributed by atoms with Crippen LogP contribution in [0.1, 0.15) is 49.1 Å². The Balaban J connectivity index is 1.64. The van der Waals surface area contributed by atoms with Crippen LogP contribution < -0.4 is 4.90 Å². The predicted octanol–water partition coefficient (Wildman–Crippen LogP) is 7.74. The third-order valence-corrected chi connectivity index (χ3v) is 7.62. The van der Waals surface area contributed by atoms with Crippen LogP contribution in [0.3, 0.4) is 0 Å². The SMILES string of the molecule is CN(c1ccc(C#N)cc1)c1cccc2c1sc1c(C3CCCCC3)cccc12. The van der Waals surface area contributed by atoms with Gasteiger partial charge in [-0.05, 0) is 54.7 Å². The van der Waals surface area contributed by atoms with Gasteiger partial charge in [0.15, 0.2) is 0 Å². The van der Waals surface area contributed by atoms with E-state index in [1.807, 2.05) is 35.6 Å². The van der Waals surface area contributed by atoms with E-state index in [1.165, 1.54) is 58.0 Å². The summed E-state index contributed by atoms with van der Waals surface area (Å²) in [7, 11) is 2.11. The highest BCUT2D eigenvalue weighted by Crippen LogP contribution is 2.45. The van der Waals surface area contributed by atoms with Crippen LogP contribution in [0.2, 0.25) is 0 Å². The van der Waals surface area contributed by atoms with E-state index >= 15 is 0 Å². The first-order valence-electron chi connectivity index (χ1n) is 10.4. The van der Waals surface area contributed by atoms with Gasteiger partial charge < -0.3 is 4.90 Å². The zero-order valence-electron chi connectivity index (χ0n) is 16.7. The Hall–Kier alpha value is -2.83. The highest BCUT2D eigenvalue weighted by molar-refractivity contribution is 7.26. The topological polar surface area (TPSA) is 27.0 Å². The van der Waals surface area contributed by atoms with E-state index < -0.39 is 0 Å². The Kier molecular flexibility index (Phi) is 4.73. The minimum Gasteiger partial charge on any atom is -0.343 e. The molecule has 1 aliphatic rings.